The number of hydrogen-bond acceptors (Lipinski definition) is 3. The van der Waals surface area contributed by atoms with Crippen molar-refractivity contribution < 1.29 is 31.9 Å². The second-order valence-corrected chi connectivity index (χ2v) is 10.6. The lowest BCUT2D eigenvalue weighted by molar-refractivity contribution is -0.333. The fraction of sp³-hybridized carbons (Fsp3) is 0.517. The third kappa shape index (κ3) is 4.67. The van der Waals surface area contributed by atoms with Gasteiger partial charge in [-0.3, -0.25) is 4.79 Å². The largest absolute Gasteiger partial charge is 0.456 e. The van der Waals surface area contributed by atoms with Gasteiger partial charge in [0, 0.05) is 23.8 Å². The Morgan fingerprint density at radius 2 is 1.84 bits per heavy atom. The van der Waals surface area contributed by atoms with E-state index in [0.717, 1.165) is 27.8 Å². The summed E-state index contributed by atoms with van der Waals surface area (Å²) in [5, 5.41) is 19.6. The molecule has 8 heteroatoms. The van der Waals surface area contributed by atoms with Gasteiger partial charge in [-0.2, -0.15) is 27.2 Å². The number of benzene rings is 1. The van der Waals surface area contributed by atoms with E-state index in [1.165, 1.54) is 13.0 Å². The van der Waals surface area contributed by atoms with Gasteiger partial charge in [0.15, 0.2) is 5.78 Å². The number of rotatable bonds is 5. The molecule has 3 nitrogen and oxygen atoms in total. The zero-order chi connectivity index (χ0) is 27.2. The maximum Gasteiger partial charge on any atom is 0.456 e. The lowest BCUT2D eigenvalue weighted by Crippen LogP contribution is -2.59. The number of nitriles is 1. The smallest absolute Gasteiger partial charge is 0.386 e. The van der Waals surface area contributed by atoms with Crippen molar-refractivity contribution in [2.24, 2.45) is 17.3 Å². The molecule has 0 saturated heterocycles. The van der Waals surface area contributed by atoms with E-state index in [-0.39, 0.29) is 18.1 Å². The summed E-state index contributed by atoms with van der Waals surface area (Å²) in [5.41, 5.74) is 2.76. The van der Waals surface area contributed by atoms with Gasteiger partial charge in [-0.25, -0.2) is 0 Å². The van der Waals surface area contributed by atoms with E-state index in [0.29, 0.717) is 32.1 Å². The van der Waals surface area contributed by atoms with E-state index < -0.39 is 35.5 Å². The molecule has 3 aliphatic carbocycles. The van der Waals surface area contributed by atoms with Gasteiger partial charge in [-0.05, 0) is 71.9 Å². The van der Waals surface area contributed by atoms with Crippen LogP contribution in [-0.4, -0.2) is 29.1 Å². The molecule has 1 saturated carbocycles. The van der Waals surface area contributed by atoms with Crippen molar-refractivity contribution in [1.82, 2.24) is 0 Å². The van der Waals surface area contributed by atoms with Crippen LogP contribution in [0.5, 0.6) is 0 Å². The Morgan fingerprint density at radius 1 is 1.16 bits per heavy atom. The fourth-order valence-corrected chi connectivity index (χ4v) is 6.96. The van der Waals surface area contributed by atoms with Gasteiger partial charge in [0.05, 0.1) is 6.07 Å². The maximum absolute atomic E-state index is 14.6. The van der Waals surface area contributed by atoms with Crippen molar-refractivity contribution in [3.63, 3.8) is 0 Å². The monoisotopic (exact) mass is 519 g/mol. The fourth-order valence-electron chi connectivity index (χ4n) is 6.96. The van der Waals surface area contributed by atoms with E-state index in [1.54, 1.807) is 43.3 Å². The number of carbonyl (C=O) groups is 1. The molecule has 0 aromatic heterocycles. The number of carbonyl (C=O) groups excluding carboxylic acids is 1. The molecule has 0 spiro atoms. The molecule has 5 atom stereocenters. The summed E-state index contributed by atoms with van der Waals surface area (Å²) < 4.78 is 69.5. The Kier molecular flexibility index (Phi) is 7.24. The molecule has 0 radical (unpaired) electrons. The van der Waals surface area contributed by atoms with Crippen LogP contribution in [0.4, 0.5) is 22.0 Å². The number of ketones is 1. The highest BCUT2D eigenvalue weighted by Gasteiger charge is 2.68. The van der Waals surface area contributed by atoms with Crippen molar-refractivity contribution in [3.05, 3.63) is 64.3 Å². The predicted octanol–water partition coefficient (Wildman–Crippen LogP) is 7.30. The number of aliphatic hydroxyl groups excluding tert-OH is 1. The van der Waals surface area contributed by atoms with Crippen LogP contribution in [0.25, 0.3) is 6.08 Å². The first-order valence-electron chi connectivity index (χ1n) is 12.6. The highest BCUT2D eigenvalue weighted by molar-refractivity contribution is 5.93. The molecule has 1 aromatic carbocycles. The molecule has 3 aliphatic rings. The molecule has 4 rings (SSSR count). The first-order valence-corrected chi connectivity index (χ1v) is 12.6. The van der Waals surface area contributed by atoms with Crippen LogP contribution in [0, 0.1) is 28.6 Å². The Hall–Kier alpha value is -2.79. The van der Waals surface area contributed by atoms with Gasteiger partial charge in [-0.1, -0.05) is 50.1 Å². The summed E-state index contributed by atoms with van der Waals surface area (Å²) in [7, 11) is 0. The SMILES string of the molecule is CCC1C2CCC3=CC(=O)CCC3=C2[C@@H](c2ccc(/C=C\C#N)cc2)CC1(C)C(O)C(F)(F)C(F)(F)F. The van der Waals surface area contributed by atoms with Crippen molar-refractivity contribution >= 4 is 11.9 Å². The minimum atomic E-state index is -5.87. The second kappa shape index (κ2) is 9.83. The average molecular weight is 520 g/mol. The number of nitrogens with zero attached hydrogens (tertiary/aromatic N) is 1. The quantitative estimate of drug-likeness (QED) is 0.328. The van der Waals surface area contributed by atoms with Crippen LogP contribution >= 0.6 is 0 Å². The summed E-state index contributed by atoms with van der Waals surface area (Å²) in [4.78, 5) is 12.1. The van der Waals surface area contributed by atoms with Crippen LogP contribution in [-0.2, 0) is 4.79 Å². The summed E-state index contributed by atoms with van der Waals surface area (Å²) in [6.07, 6.45) is -1.99. The third-order valence-corrected chi connectivity index (χ3v) is 8.64. The first-order chi connectivity index (χ1) is 17.3. The number of fused-ring (bicyclic) bond motifs is 2. The minimum absolute atomic E-state index is 0.0379. The van der Waals surface area contributed by atoms with Gasteiger partial charge in [0.2, 0.25) is 0 Å². The number of hydrogen-bond donors (Lipinski definition) is 1. The van der Waals surface area contributed by atoms with Gasteiger partial charge in [-0.15, -0.1) is 0 Å². The van der Waals surface area contributed by atoms with Crippen LogP contribution in [0.3, 0.4) is 0 Å². The van der Waals surface area contributed by atoms with E-state index in [1.807, 2.05) is 6.07 Å². The lowest BCUT2D eigenvalue weighted by atomic mass is 9.50. The third-order valence-electron chi connectivity index (χ3n) is 8.64. The molecular weight excluding hydrogens is 489 g/mol. The summed E-state index contributed by atoms with van der Waals surface area (Å²) in [6, 6.07) is 9.07. The molecule has 1 fully saturated rings. The van der Waals surface area contributed by atoms with Crippen LogP contribution < -0.4 is 0 Å². The van der Waals surface area contributed by atoms with Crippen LogP contribution in [0.1, 0.15) is 69.4 Å². The average Bonchev–Trinajstić information content (AvgIpc) is 2.85. The molecule has 37 heavy (non-hydrogen) atoms. The molecule has 1 N–H and O–H groups in total. The second-order valence-electron chi connectivity index (χ2n) is 10.6. The molecular formula is C29H30F5NO2. The van der Waals surface area contributed by atoms with E-state index >= 15 is 0 Å². The molecule has 0 heterocycles. The van der Waals surface area contributed by atoms with Gasteiger partial charge < -0.3 is 5.11 Å². The predicted molar refractivity (Wildman–Crippen MR) is 129 cm³/mol. The zero-order valence-corrected chi connectivity index (χ0v) is 20.8. The minimum Gasteiger partial charge on any atom is -0.386 e. The first kappa shape index (κ1) is 27.3. The van der Waals surface area contributed by atoms with E-state index in [4.69, 9.17) is 5.26 Å². The zero-order valence-electron chi connectivity index (χ0n) is 20.8. The number of halogens is 5. The molecule has 0 bridgehead atoms. The van der Waals surface area contributed by atoms with Gasteiger partial charge in [0.25, 0.3) is 0 Å². The highest BCUT2D eigenvalue weighted by Crippen LogP contribution is 2.62. The van der Waals surface area contributed by atoms with E-state index in [2.05, 4.69) is 0 Å². The van der Waals surface area contributed by atoms with Crippen LogP contribution in [0.2, 0.25) is 0 Å². The Bertz CT molecular complexity index is 1190. The Labute approximate surface area is 213 Å². The summed E-state index contributed by atoms with van der Waals surface area (Å²) in [5.74, 6) is -6.58. The number of alkyl halides is 5. The van der Waals surface area contributed by atoms with Crippen molar-refractivity contribution in [3.8, 4) is 6.07 Å². The molecule has 198 valence electrons. The van der Waals surface area contributed by atoms with Crippen molar-refractivity contribution in [2.45, 2.75) is 76.5 Å². The molecule has 0 amide bonds. The number of allylic oxidation sites excluding steroid dienone is 5. The highest BCUT2D eigenvalue weighted by atomic mass is 19.4. The van der Waals surface area contributed by atoms with Crippen LogP contribution in [0.15, 0.2) is 53.1 Å². The summed E-state index contributed by atoms with van der Waals surface area (Å²) in [6.45, 7) is 3.15. The van der Waals surface area contributed by atoms with E-state index in [9.17, 15) is 31.9 Å². The lowest BCUT2D eigenvalue weighted by Gasteiger charge is -2.56. The normalized spacial score (nSPS) is 29.4. The Morgan fingerprint density at radius 3 is 2.43 bits per heavy atom. The maximum atomic E-state index is 14.6. The van der Waals surface area contributed by atoms with Crippen molar-refractivity contribution in [2.75, 3.05) is 0 Å². The number of aliphatic hydroxyl groups is 1. The Balaban J connectivity index is 1.88. The standard InChI is InChI=1S/C29H30F5NO2/c1-3-24-22-12-10-19-15-20(36)11-13-21(19)25(22)23(18-8-6-17(7-9-18)5-4-14-35)16-27(24,2)26(37)28(30,31)29(32,33)34/h4-9,15,22-24,26,37H,3,10-13,16H2,1-2H3/b5-4-/t22?,23-,24?,26?,27?/m1/s1. The van der Waals surface area contributed by atoms with Gasteiger partial charge >= 0.3 is 12.1 Å². The van der Waals surface area contributed by atoms with Crippen molar-refractivity contribution in [1.29, 1.82) is 5.26 Å². The molecule has 1 aromatic rings. The topological polar surface area (TPSA) is 61.1 Å². The molecule has 0 aliphatic heterocycles. The van der Waals surface area contributed by atoms with Gasteiger partial charge in [0.1, 0.15) is 6.10 Å². The molecule has 4 unspecified atom stereocenters. The summed E-state index contributed by atoms with van der Waals surface area (Å²) >= 11 is 0.